The van der Waals surface area contributed by atoms with Gasteiger partial charge in [0.05, 0.1) is 15.6 Å². The molecule has 0 saturated heterocycles. The standard InChI is InChI=1S/C10H15N5O4/c11-2-8(16)15-7(1-6-3-12-5-14-6)10(19)13-4-9(17)18/h3,5,7H,1-2,4,11H2,(H,12,14)(H,13,19)(H,15,16)(H,17,18)/t7-/m0/s1/i4D2. The molecule has 2 amide bonds. The molecule has 0 aliphatic rings. The number of carbonyl (C=O) groups is 3. The molecule has 0 spiro atoms. The summed E-state index contributed by atoms with van der Waals surface area (Å²) in [6.45, 7) is -3.31. The van der Waals surface area contributed by atoms with Gasteiger partial charge in [-0.05, 0) is 0 Å². The smallest absolute Gasteiger partial charge is 0.322 e. The topological polar surface area (TPSA) is 150 Å². The van der Waals surface area contributed by atoms with Crippen molar-refractivity contribution in [1.29, 1.82) is 0 Å². The Morgan fingerprint density at radius 1 is 1.58 bits per heavy atom. The van der Waals surface area contributed by atoms with Gasteiger partial charge < -0.3 is 26.5 Å². The van der Waals surface area contributed by atoms with Crippen LogP contribution in [0.2, 0.25) is 0 Å². The van der Waals surface area contributed by atoms with Gasteiger partial charge in [-0.3, -0.25) is 14.4 Å². The maximum absolute atomic E-state index is 11.9. The molecular weight excluding hydrogens is 254 g/mol. The minimum atomic E-state index is -2.95. The molecule has 0 fully saturated rings. The zero-order chi connectivity index (χ0) is 16.0. The molecule has 1 aromatic heterocycles. The van der Waals surface area contributed by atoms with Gasteiger partial charge in [-0.2, -0.15) is 0 Å². The SMILES string of the molecule is [2H]C([2H])(NC(=O)[C@H](Cc1cnc[nH]1)NC(=O)CN)C(=O)O. The highest BCUT2D eigenvalue weighted by atomic mass is 16.4. The van der Waals surface area contributed by atoms with Crippen molar-refractivity contribution >= 4 is 17.8 Å². The lowest BCUT2D eigenvalue weighted by molar-refractivity contribution is -0.138. The van der Waals surface area contributed by atoms with E-state index >= 15 is 0 Å². The fourth-order valence-electron chi connectivity index (χ4n) is 1.28. The summed E-state index contributed by atoms with van der Waals surface area (Å²) < 4.78 is 14.3. The first kappa shape index (κ1) is 11.7. The van der Waals surface area contributed by atoms with Crippen LogP contribution in [-0.2, 0) is 20.8 Å². The van der Waals surface area contributed by atoms with E-state index in [1.165, 1.54) is 12.5 Å². The molecule has 0 aliphatic heterocycles. The highest BCUT2D eigenvalue weighted by Crippen LogP contribution is 1.98. The summed E-state index contributed by atoms with van der Waals surface area (Å²) in [5.41, 5.74) is 5.64. The van der Waals surface area contributed by atoms with Gasteiger partial charge in [0, 0.05) is 18.3 Å². The van der Waals surface area contributed by atoms with Gasteiger partial charge >= 0.3 is 5.97 Å². The van der Waals surface area contributed by atoms with Crippen LogP contribution in [0.4, 0.5) is 0 Å². The van der Waals surface area contributed by atoms with E-state index in [1.807, 2.05) is 0 Å². The number of aromatic nitrogens is 2. The van der Waals surface area contributed by atoms with Crippen LogP contribution in [0, 0.1) is 0 Å². The Hall–Kier alpha value is -2.42. The quantitative estimate of drug-likeness (QED) is 0.373. The Morgan fingerprint density at radius 2 is 2.32 bits per heavy atom. The molecule has 104 valence electrons. The maximum Gasteiger partial charge on any atom is 0.322 e. The second-order valence-electron chi connectivity index (χ2n) is 3.52. The molecule has 1 rings (SSSR count). The average molecular weight is 271 g/mol. The van der Waals surface area contributed by atoms with E-state index in [0.29, 0.717) is 5.69 Å². The van der Waals surface area contributed by atoms with E-state index in [-0.39, 0.29) is 13.0 Å². The number of hydrogen-bond acceptors (Lipinski definition) is 5. The summed E-state index contributed by atoms with van der Waals surface area (Å²) in [7, 11) is 0. The molecule has 0 radical (unpaired) electrons. The number of carboxylic acid groups (broad SMARTS) is 1. The highest BCUT2D eigenvalue weighted by molar-refractivity contribution is 5.90. The molecule has 0 aliphatic carbocycles. The van der Waals surface area contributed by atoms with E-state index in [2.05, 4.69) is 15.3 Å². The zero-order valence-corrected chi connectivity index (χ0v) is 9.84. The lowest BCUT2D eigenvalue weighted by Crippen LogP contribution is -2.50. The summed E-state index contributed by atoms with van der Waals surface area (Å²) in [6, 6.07) is -1.18. The number of carboxylic acids is 1. The first-order valence-electron chi connectivity index (χ1n) is 6.28. The summed E-state index contributed by atoms with van der Waals surface area (Å²) >= 11 is 0. The molecule has 0 saturated carbocycles. The fraction of sp³-hybridized carbons (Fsp3) is 0.400. The maximum atomic E-state index is 11.9. The number of carbonyl (C=O) groups excluding carboxylic acids is 2. The van der Waals surface area contributed by atoms with Gasteiger partial charge in [0.25, 0.3) is 0 Å². The predicted octanol–water partition coefficient (Wildman–Crippen LogP) is -2.40. The van der Waals surface area contributed by atoms with Crippen LogP contribution in [0.1, 0.15) is 8.44 Å². The number of imidazole rings is 1. The first-order valence-corrected chi connectivity index (χ1v) is 5.28. The van der Waals surface area contributed by atoms with Crippen molar-refractivity contribution in [1.82, 2.24) is 20.6 Å². The van der Waals surface area contributed by atoms with Crippen LogP contribution in [-0.4, -0.2) is 51.9 Å². The highest BCUT2D eigenvalue weighted by Gasteiger charge is 2.21. The molecule has 1 aromatic rings. The van der Waals surface area contributed by atoms with Gasteiger partial charge in [-0.25, -0.2) is 4.98 Å². The number of aliphatic carboxylic acids is 1. The fourth-order valence-corrected chi connectivity index (χ4v) is 1.28. The second kappa shape index (κ2) is 7.11. The van der Waals surface area contributed by atoms with Crippen LogP contribution < -0.4 is 16.4 Å². The normalized spacial score (nSPS) is 13.9. The van der Waals surface area contributed by atoms with Gasteiger partial charge in [0.1, 0.15) is 12.5 Å². The number of hydrogen-bond donors (Lipinski definition) is 5. The van der Waals surface area contributed by atoms with Crippen molar-refractivity contribution in [2.24, 2.45) is 5.73 Å². The molecule has 1 heterocycles. The molecule has 9 heteroatoms. The predicted molar refractivity (Wildman–Crippen MR) is 63.9 cm³/mol. The van der Waals surface area contributed by atoms with Crippen molar-refractivity contribution in [3.8, 4) is 0 Å². The number of nitrogens with zero attached hydrogens (tertiary/aromatic N) is 1. The number of nitrogens with two attached hydrogens (primary N) is 1. The number of nitrogens with one attached hydrogen (secondary N) is 3. The lowest BCUT2D eigenvalue weighted by Gasteiger charge is -2.16. The van der Waals surface area contributed by atoms with E-state index in [9.17, 15) is 14.4 Å². The van der Waals surface area contributed by atoms with Crippen molar-refractivity contribution in [2.75, 3.05) is 13.0 Å². The van der Waals surface area contributed by atoms with Gasteiger partial charge in [-0.1, -0.05) is 0 Å². The third-order valence-corrected chi connectivity index (χ3v) is 2.11. The first-order chi connectivity index (χ1) is 9.76. The molecular formula is C10H15N5O4. The number of rotatable bonds is 7. The summed E-state index contributed by atoms with van der Waals surface area (Å²) in [5.74, 6) is -3.47. The Labute approximate surface area is 111 Å². The second-order valence-corrected chi connectivity index (χ2v) is 3.52. The third-order valence-electron chi connectivity index (χ3n) is 2.11. The summed E-state index contributed by atoms with van der Waals surface area (Å²) in [4.78, 5) is 40.4. The van der Waals surface area contributed by atoms with Crippen LogP contribution in [0.5, 0.6) is 0 Å². The van der Waals surface area contributed by atoms with E-state index in [4.69, 9.17) is 13.6 Å². The van der Waals surface area contributed by atoms with Crippen LogP contribution in [0.3, 0.4) is 0 Å². The zero-order valence-electron chi connectivity index (χ0n) is 11.8. The summed E-state index contributed by atoms with van der Waals surface area (Å²) in [5, 5.41) is 12.6. The molecule has 0 aromatic carbocycles. The van der Waals surface area contributed by atoms with Crippen LogP contribution in [0.15, 0.2) is 12.5 Å². The van der Waals surface area contributed by atoms with Gasteiger partial charge in [0.15, 0.2) is 0 Å². The van der Waals surface area contributed by atoms with Crippen molar-refractivity contribution in [2.45, 2.75) is 12.5 Å². The van der Waals surface area contributed by atoms with E-state index < -0.39 is 30.3 Å². The van der Waals surface area contributed by atoms with E-state index in [1.54, 1.807) is 5.32 Å². The van der Waals surface area contributed by atoms with Crippen LogP contribution >= 0.6 is 0 Å². The number of aromatic amines is 1. The molecule has 9 nitrogen and oxygen atoms in total. The largest absolute Gasteiger partial charge is 0.480 e. The molecule has 19 heavy (non-hydrogen) atoms. The minimum absolute atomic E-state index is 0.0206. The van der Waals surface area contributed by atoms with Crippen molar-refractivity contribution in [3.63, 3.8) is 0 Å². The minimum Gasteiger partial charge on any atom is -0.480 e. The van der Waals surface area contributed by atoms with Crippen LogP contribution in [0.25, 0.3) is 0 Å². The number of H-pyrrole nitrogens is 1. The number of amides is 2. The third kappa shape index (κ3) is 5.17. The Morgan fingerprint density at radius 3 is 2.84 bits per heavy atom. The lowest BCUT2D eigenvalue weighted by atomic mass is 10.1. The Bertz CT molecular complexity index is 520. The molecule has 1 atom stereocenters. The average Bonchev–Trinajstić information content (AvgIpc) is 2.89. The van der Waals surface area contributed by atoms with Gasteiger partial charge in [0.2, 0.25) is 11.8 Å². The molecule has 0 unspecified atom stereocenters. The van der Waals surface area contributed by atoms with Crippen molar-refractivity contribution < 1.29 is 22.2 Å². The van der Waals surface area contributed by atoms with E-state index in [0.717, 1.165) is 0 Å². The Kier molecular flexibility index (Phi) is 4.36. The molecule has 0 bridgehead atoms. The molecule has 6 N–H and O–H groups in total. The monoisotopic (exact) mass is 271 g/mol. The van der Waals surface area contributed by atoms with Crippen molar-refractivity contribution in [3.05, 3.63) is 18.2 Å². The Balaban J connectivity index is 2.82. The summed E-state index contributed by atoms with van der Waals surface area (Å²) in [6.07, 6.45) is 2.76. The van der Waals surface area contributed by atoms with Gasteiger partial charge in [-0.15, -0.1) is 0 Å².